The van der Waals surface area contributed by atoms with E-state index < -0.39 is 23.3 Å². The van der Waals surface area contributed by atoms with E-state index in [1.54, 1.807) is 6.07 Å². The second-order valence-electron chi connectivity index (χ2n) is 6.08. The van der Waals surface area contributed by atoms with Gasteiger partial charge in [-0.3, -0.25) is 10.1 Å². The van der Waals surface area contributed by atoms with Crippen LogP contribution in [0.15, 0.2) is 34.8 Å². The van der Waals surface area contributed by atoms with Crippen molar-refractivity contribution in [2.75, 3.05) is 12.4 Å². The Morgan fingerprint density at radius 2 is 1.97 bits per heavy atom. The van der Waals surface area contributed by atoms with Crippen molar-refractivity contribution in [2.24, 2.45) is 0 Å². The lowest BCUT2D eigenvalue weighted by Crippen LogP contribution is -2.13. The van der Waals surface area contributed by atoms with Crippen molar-refractivity contribution in [3.05, 3.63) is 50.5 Å². The number of nitrogens with one attached hydrogen (secondary N) is 1. The number of methoxy groups -OCH3 is 1. The summed E-state index contributed by atoms with van der Waals surface area (Å²) < 4.78 is 41.2. The zero-order valence-corrected chi connectivity index (χ0v) is 16.6. The number of hydrogen-bond acceptors (Lipinski definition) is 7. The van der Waals surface area contributed by atoms with Gasteiger partial charge >= 0.3 is 12.6 Å². The third kappa shape index (κ3) is 5.11. The first-order valence-corrected chi connectivity index (χ1v) is 9.16. The average molecular weight is 473 g/mol. The van der Waals surface area contributed by atoms with Gasteiger partial charge in [-0.1, -0.05) is 15.9 Å². The van der Waals surface area contributed by atoms with Crippen molar-refractivity contribution in [1.29, 1.82) is 0 Å². The molecule has 8 nitrogen and oxygen atoms in total. The minimum absolute atomic E-state index is 0.0731. The van der Waals surface area contributed by atoms with Crippen LogP contribution < -0.4 is 14.8 Å². The molecule has 154 valence electrons. The Balaban J connectivity index is 2.01. The van der Waals surface area contributed by atoms with Crippen LogP contribution in [0.2, 0.25) is 0 Å². The zero-order valence-electron chi connectivity index (χ0n) is 15.0. The van der Waals surface area contributed by atoms with Gasteiger partial charge in [0, 0.05) is 28.4 Å². The van der Waals surface area contributed by atoms with Crippen LogP contribution in [0.1, 0.15) is 23.2 Å². The third-order valence-electron chi connectivity index (χ3n) is 3.94. The molecule has 1 aliphatic carbocycles. The topological polar surface area (TPSA) is 99.9 Å². The largest absolute Gasteiger partial charge is 0.496 e. The van der Waals surface area contributed by atoms with Gasteiger partial charge in [-0.15, -0.1) is 0 Å². The van der Waals surface area contributed by atoms with Gasteiger partial charge in [-0.2, -0.15) is 8.78 Å². The van der Waals surface area contributed by atoms with E-state index in [0.29, 0.717) is 17.3 Å². The van der Waals surface area contributed by atoms with Gasteiger partial charge in [0.05, 0.1) is 12.0 Å². The molecule has 0 saturated heterocycles. The molecule has 29 heavy (non-hydrogen) atoms. The summed E-state index contributed by atoms with van der Waals surface area (Å²) >= 11 is 3.15. The van der Waals surface area contributed by atoms with Gasteiger partial charge in [0.15, 0.2) is 0 Å². The molecule has 11 heteroatoms. The van der Waals surface area contributed by atoms with Crippen molar-refractivity contribution in [3.63, 3.8) is 0 Å². The number of benzene rings is 2. The summed E-state index contributed by atoms with van der Waals surface area (Å²) in [4.78, 5) is 23.1. The van der Waals surface area contributed by atoms with E-state index in [-0.39, 0.29) is 34.5 Å². The number of hydrogen-bond donors (Lipinski definition) is 1. The highest BCUT2D eigenvalue weighted by atomic mass is 79.9. The van der Waals surface area contributed by atoms with Gasteiger partial charge in [0.25, 0.3) is 5.69 Å². The van der Waals surface area contributed by atoms with Crippen LogP contribution >= 0.6 is 15.9 Å². The number of nitro groups is 1. The lowest BCUT2D eigenvalue weighted by atomic mass is 10.1. The van der Waals surface area contributed by atoms with Crippen molar-refractivity contribution in [1.82, 2.24) is 0 Å². The lowest BCUT2D eigenvalue weighted by Gasteiger charge is -2.16. The van der Waals surface area contributed by atoms with Crippen LogP contribution in [0.25, 0.3) is 0 Å². The molecule has 0 aliphatic heterocycles. The Morgan fingerprint density at radius 1 is 1.28 bits per heavy atom. The lowest BCUT2D eigenvalue weighted by molar-refractivity contribution is -0.384. The Kier molecular flexibility index (Phi) is 6.16. The van der Waals surface area contributed by atoms with Gasteiger partial charge in [0.2, 0.25) is 0 Å². The molecule has 0 aromatic heterocycles. The molecule has 0 unspecified atom stereocenters. The van der Waals surface area contributed by atoms with Crippen molar-refractivity contribution in [2.45, 2.75) is 25.6 Å². The fourth-order valence-corrected chi connectivity index (χ4v) is 2.88. The maximum Gasteiger partial charge on any atom is 0.387 e. The van der Waals surface area contributed by atoms with Crippen LogP contribution in [-0.4, -0.2) is 30.7 Å². The Bertz CT molecular complexity index is 952. The number of carbonyl (C=O) groups excluding carboxylic acids is 1. The van der Waals surface area contributed by atoms with Crippen LogP contribution in [-0.2, 0) is 4.74 Å². The second kappa shape index (κ2) is 8.60. The molecular formula is C18H15BrF2N2O6. The maximum absolute atomic E-state index is 12.9. The van der Waals surface area contributed by atoms with E-state index in [0.717, 1.165) is 6.07 Å². The first kappa shape index (κ1) is 20.8. The van der Waals surface area contributed by atoms with Gasteiger partial charge < -0.3 is 19.5 Å². The number of alkyl halides is 2. The van der Waals surface area contributed by atoms with Gasteiger partial charge in [-0.05, 0) is 25.0 Å². The zero-order chi connectivity index (χ0) is 21.1. The predicted octanol–water partition coefficient (Wildman–Crippen LogP) is 5.03. The van der Waals surface area contributed by atoms with E-state index in [1.165, 1.54) is 25.3 Å². The number of anilines is 2. The van der Waals surface area contributed by atoms with E-state index in [9.17, 15) is 23.7 Å². The normalized spacial score (nSPS) is 13.1. The van der Waals surface area contributed by atoms with Crippen LogP contribution in [0.5, 0.6) is 11.5 Å². The van der Waals surface area contributed by atoms with Crippen LogP contribution in [0.4, 0.5) is 25.8 Å². The molecule has 1 N–H and O–H groups in total. The predicted molar refractivity (Wildman–Crippen MR) is 102 cm³/mol. The Morgan fingerprint density at radius 3 is 2.55 bits per heavy atom. The molecule has 0 amide bonds. The fraction of sp³-hybridized carbons (Fsp3) is 0.278. The number of nitro benzene ring substituents is 1. The summed E-state index contributed by atoms with van der Waals surface area (Å²) in [5, 5.41) is 14.1. The number of carbonyl (C=O) groups is 1. The second-order valence-corrected chi connectivity index (χ2v) is 6.99. The molecule has 1 aliphatic rings. The first-order valence-electron chi connectivity index (χ1n) is 8.37. The van der Waals surface area contributed by atoms with Gasteiger partial charge in [0.1, 0.15) is 28.9 Å². The minimum Gasteiger partial charge on any atom is -0.496 e. The molecular weight excluding hydrogens is 458 g/mol. The van der Waals surface area contributed by atoms with E-state index in [1.807, 2.05) is 0 Å². The van der Waals surface area contributed by atoms with Crippen molar-refractivity contribution < 1.29 is 32.7 Å². The standard InChI is InChI=1S/C18H15BrF2N2O6/c1-27-14-7-10(22-12-5-2-9(19)6-13(12)23(25)26)8-15(29-18(20)21)16(14)17(24)28-11-3-4-11/h2,5-8,11,18,22H,3-4H2,1H3. The summed E-state index contributed by atoms with van der Waals surface area (Å²) in [6, 6.07) is 6.77. The minimum atomic E-state index is -3.20. The Labute approximate surface area is 172 Å². The number of ether oxygens (including phenoxy) is 3. The number of nitrogens with zero attached hydrogens (tertiary/aromatic N) is 1. The van der Waals surface area contributed by atoms with Gasteiger partial charge in [-0.25, -0.2) is 4.79 Å². The SMILES string of the molecule is COc1cc(Nc2ccc(Br)cc2[N+](=O)[O-])cc(OC(F)F)c1C(=O)OC1CC1. The first-order chi connectivity index (χ1) is 13.8. The van der Waals surface area contributed by atoms with Crippen LogP contribution in [0, 0.1) is 10.1 Å². The summed E-state index contributed by atoms with van der Waals surface area (Å²) in [6.45, 7) is -3.20. The van der Waals surface area contributed by atoms with E-state index in [4.69, 9.17) is 9.47 Å². The van der Waals surface area contributed by atoms with E-state index in [2.05, 4.69) is 26.0 Å². The quantitative estimate of drug-likeness (QED) is 0.326. The molecule has 1 saturated carbocycles. The third-order valence-corrected chi connectivity index (χ3v) is 4.43. The molecule has 0 radical (unpaired) electrons. The number of halogens is 3. The molecule has 0 bridgehead atoms. The smallest absolute Gasteiger partial charge is 0.387 e. The maximum atomic E-state index is 12.9. The summed E-state index contributed by atoms with van der Waals surface area (Å²) in [6.07, 6.45) is 1.15. The fourth-order valence-electron chi connectivity index (χ4n) is 2.53. The molecule has 1 fully saturated rings. The Hall–Kier alpha value is -2.95. The molecule has 3 rings (SSSR count). The molecule has 0 spiro atoms. The van der Waals surface area contributed by atoms with Crippen molar-refractivity contribution >= 4 is 39.0 Å². The van der Waals surface area contributed by atoms with E-state index >= 15 is 0 Å². The highest BCUT2D eigenvalue weighted by molar-refractivity contribution is 9.10. The monoisotopic (exact) mass is 472 g/mol. The summed E-state index contributed by atoms with van der Waals surface area (Å²) in [5.74, 6) is -1.38. The summed E-state index contributed by atoms with van der Waals surface area (Å²) in [5.41, 5.74) is -0.273. The highest BCUT2D eigenvalue weighted by Gasteiger charge is 2.31. The number of esters is 1. The van der Waals surface area contributed by atoms with Crippen LogP contribution in [0.3, 0.4) is 0 Å². The van der Waals surface area contributed by atoms with Crippen molar-refractivity contribution in [3.8, 4) is 11.5 Å². The molecule has 0 atom stereocenters. The molecule has 2 aromatic rings. The summed E-state index contributed by atoms with van der Waals surface area (Å²) in [7, 11) is 1.25. The highest BCUT2D eigenvalue weighted by Crippen LogP contribution is 2.38. The number of rotatable bonds is 8. The molecule has 0 heterocycles. The molecule has 2 aromatic carbocycles. The average Bonchev–Trinajstić information content (AvgIpc) is 3.45.